The molecule has 6 heteroatoms. The van der Waals surface area contributed by atoms with E-state index in [1.54, 1.807) is 7.11 Å². The van der Waals surface area contributed by atoms with Crippen LogP contribution in [0.25, 0.3) is 0 Å². The van der Waals surface area contributed by atoms with Crippen molar-refractivity contribution >= 4 is 0 Å². The van der Waals surface area contributed by atoms with Gasteiger partial charge in [0.15, 0.2) is 11.5 Å². The summed E-state index contributed by atoms with van der Waals surface area (Å²) in [5, 5.41) is 0. The maximum atomic E-state index is 12.8. The summed E-state index contributed by atoms with van der Waals surface area (Å²) in [6.45, 7) is 4.88. The molecule has 1 aliphatic heterocycles. The Balaban J connectivity index is 1.48. The fourth-order valence-electron chi connectivity index (χ4n) is 4.55. The second-order valence-electron chi connectivity index (χ2n) is 8.09. The summed E-state index contributed by atoms with van der Waals surface area (Å²) in [5.74, 6) is 2.85. The van der Waals surface area contributed by atoms with Gasteiger partial charge in [0.2, 0.25) is 0 Å². The number of rotatable bonds is 6. The number of hydrogen-bond acceptors (Lipinski definition) is 5. The minimum Gasteiger partial charge on any atom is -0.493 e. The van der Waals surface area contributed by atoms with Gasteiger partial charge in [0.05, 0.1) is 25.0 Å². The molecule has 1 N–H and O–H groups in total. The van der Waals surface area contributed by atoms with Gasteiger partial charge in [-0.05, 0) is 37.5 Å². The molecule has 1 aromatic heterocycles. The van der Waals surface area contributed by atoms with Crippen LogP contribution in [0.5, 0.6) is 11.5 Å². The predicted octanol–water partition coefficient (Wildman–Crippen LogP) is 3.78. The van der Waals surface area contributed by atoms with Crippen LogP contribution in [0.15, 0.2) is 23.0 Å². The van der Waals surface area contributed by atoms with E-state index in [1.165, 1.54) is 19.3 Å². The molecule has 29 heavy (non-hydrogen) atoms. The van der Waals surface area contributed by atoms with E-state index in [1.807, 2.05) is 19.1 Å². The Morgan fingerprint density at radius 1 is 1.21 bits per heavy atom. The fourth-order valence-corrected chi connectivity index (χ4v) is 4.55. The zero-order valence-electron chi connectivity index (χ0n) is 17.5. The number of H-pyrrole nitrogens is 1. The maximum Gasteiger partial charge on any atom is 0.255 e. The highest BCUT2D eigenvalue weighted by Gasteiger charge is 2.24. The maximum absolute atomic E-state index is 12.8. The zero-order valence-corrected chi connectivity index (χ0v) is 17.5. The minimum absolute atomic E-state index is 0.0459. The van der Waals surface area contributed by atoms with Gasteiger partial charge in [-0.25, -0.2) is 4.98 Å². The van der Waals surface area contributed by atoms with Crippen molar-refractivity contribution in [1.29, 1.82) is 0 Å². The quantitative estimate of drug-likeness (QED) is 0.803. The standard InChI is InChI=1S/C23H31N3O3/c1-3-29-20-10-9-16(13-21(20)28-2)14-26-12-11-19-18(15-26)23(27)25-22(24-19)17-7-5-4-6-8-17/h9-10,13,17H,3-8,11-12,14-15H2,1-2H3,(H,24,25,27). The van der Waals surface area contributed by atoms with E-state index in [0.29, 0.717) is 19.1 Å². The molecule has 4 rings (SSSR count). The first kappa shape index (κ1) is 20.0. The van der Waals surface area contributed by atoms with Crippen molar-refractivity contribution in [3.63, 3.8) is 0 Å². The molecule has 0 spiro atoms. The lowest BCUT2D eigenvalue weighted by Crippen LogP contribution is -2.36. The van der Waals surface area contributed by atoms with E-state index < -0.39 is 0 Å². The number of aromatic nitrogens is 2. The molecule has 2 aromatic rings. The number of benzene rings is 1. The van der Waals surface area contributed by atoms with Crippen LogP contribution in [-0.2, 0) is 19.5 Å². The lowest BCUT2D eigenvalue weighted by atomic mass is 9.88. The number of methoxy groups -OCH3 is 1. The second kappa shape index (κ2) is 8.99. The third kappa shape index (κ3) is 4.47. The molecule has 0 bridgehead atoms. The van der Waals surface area contributed by atoms with Crippen LogP contribution < -0.4 is 15.0 Å². The van der Waals surface area contributed by atoms with Gasteiger partial charge in [-0.2, -0.15) is 0 Å². The molecular formula is C23H31N3O3. The Bertz CT molecular complexity index is 903. The van der Waals surface area contributed by atoms with Crippen molar-refractivity contribution in [2.24, 2.45) is 0 Å². The highest BCUT2D eigenvalue weighted by molar-refractivity contribution is 5.43. The number of ether oxygens (including phenoxy) is 2. The van der Waals surface area contributed by atoms with Gasteiger partial charge in [0.25, 0.3) is 5.56 Å². The average molecular weight is 398 g/mol. The molecule has 1 fully saturated rings. The van der Waals surface area contributed by atoms with Crippen molar-refractivity contribution in [1.82, 2.24) is 14.9 Å². The number of aromatic amines is 1. The fraction of sp³-hybridized carbons (Fsp3) is 0.565. The molecule has 1 aromatic carbocycles. The van der Waals surface area contributed by atoms with Crippen LogP contribution in [0.3, 0.4) is 0 Å². The van der Waals surface area contributed by atoms with Gasteiger partial charge in [0.1, 0.15) is 5.82 Å². The Morgan fingerprint density at radius 2 is 2.03 bits per heavy atom. The zero-order chi connectivity index (χ0) is 20.2. The lowest BCUT2D eigenvalue weighted by Gasteiger charge is -2.29. The molecule has 0 radical (unpaired) electrons. The van der Waals surface area contributed by atoms with Crippen LogP contribution in [0.1, 0.15) is 67.6 Å². The molecule has 156 valence electrons. The summed E-state index contributed by atoms with van der Waals surface area (Å²) < 4.78 is 11.1. The van der Waals surface area contributed by atoms with Crippen molar-refractivity contribution in [3.8, 4) is 11.5 Å². The van der Waals surface area contributed by atoms with E-state index in [9.17, 15) is 4.79 Å². The van der Waals surface area contributed by atoms with Crippen molar-refractivity contribution < 1.29 is 9.47 Å². The summed E-state index contributed by atoms with van der Waals surface area (Å²) in [6.07, 6.45) is 6.90. The van der Waals surface area contributed by atoms with E-state index in [0.717, 1.165) is 66.5 Å². The van der Waals surface area contributed by atoms with Gasteiger partial charge in [-0.15, -0.1) is 0 Å². The normalized spacial score (nSPS) is 17.7. The Hall–Kier alpha value is -2.34. The third-order valence-electron chi connectivity index (χ3n) is 6.09. The average Bonchev–Trinajstić information content (AvgIpc) is 2.76. The molecule has 0 amide bonds. The van der Waals surface area contributed by atoms with Crippen LogP contribution in [-0.4, -0.2) is 35.1 Å². The summed E-state index contributed by atoms with van der Waals surface area (Å²) in [5.41, 5.74) is 3.02. The van der Waals surface area contributed by atoms with E-state index in [2.05, 4.69) is 16.0 Å². The van der Waals surface area contributed by atoms with Gasteiger partial charge in [-0.3, -0.25) is 9.69 Å². The van der Waals surface area contributed by atoms with Crippen LogP contribution in [0.4, 0.5) is 0 Å². The van der Waals surface area contributed by atoms with Gasteiger partial charge in [0, 0.05) is 32.0 Å². The number of nitrogens with one attached hydrogen (secondary N) is 1. The van der Waals surface area contributed by atoms with E-state index in [-0.39, 0.29) is 5.56 Å². The molecule has 2 heterocycles. The van der Waals surface area contributed by atoms with E-state index in [4.69, 9.17) is 14.5 Å². The van der Waals surface area contributed by atoms with Crippen LogP contribution in [0.2, 0.25) is 0 Å². The largest absolute Gasteiger partial charge is 0.493 e. The van der Waals surface area contributed by atoms with Crippen molar-refractivity contribution in [2.75, 3.05) is 20.3 Å². The summed E-state index contributed by atoms with van der Waals surface area (Å²) >= 11 is 0. The molecule has 6 nitrogen and oxygen atoms in total. The molecular weight excluding hydrogens is 366 g/mol. The first-order valence-corrected chi connectivity index (χ1v) is 10.8. The Morgan fingerprint density at radius 3 is 2.79 bits per heavy atom. The predicted molar refractivity (Wildman–Crippen MR) is 113 cm³/mol. The highest BCUT2D eigenvalue weighted by atomic mass is 16.5. The molecule has 0 saturated heterocycles. The summed E-state index contributed by atoms with van der Waals surface area (Å²) in [4.78, 5) is 23.1. The molecule has 2 aliphatic rings. The summed E-state index contributed by atoms with van der Waals surface area (Å²) in [6, 6.07) is 6.05. The topological polar surface area (TPSA) is 67.5 Å². The smallest absolute Gasteiger partial charge is 0.255 e. The summed E-state index contributed by atoms with van der Waals surface area (Å²) in [7, 11) is 1.66. The van der Waals surface area contributed by atoms with Gasteiger partial charge < -0.3 is 14.5 Å². The van der Waals surface area contributed by atoms with Gasteiger partial charge >= 0.3 is 0 Å². The molecule has 1 saturated carbocycles. The van der Waals surface area contributed by atoms with Crippen molar-refractivity contribution in [2.45, 2.75) is 64.5 Å². The number of nitrogens with zero attached hydrogens (tertiary/aromatic N) is 2. The first-order valence-electron chi connectivity index (χ1n) is 10.8. The molecule has 0 atom stereocenters. The minimum atomic E-state index is 0.0459. The highest BCUT2D eigenvalue weighted by Crippen LogP contribution is 2.31. The molecule has 0 unspecified atom stereocenters. The Kier molecular flexibility index (Phi) is 6.19. The lowest BCUT2D eigenvalue weighted by molar-refractivity contribution is 0.240. The third-order valence-corrected chi connectivity index (χ3v) is 6.09. The van der Waals surface area contributed by atoms with Gasteiger partial charge in [-0.1, -0.05) is 25.3 Å². The van der Waals surface area contributed by atoms with Crippen LogP contribution in [0, 0.1) is 0 Å². The SMILES string of the molecule is CCOc1ccc(CN2CCc3nc(C4CCCCC4)[nH]c(=O)c3C2)cc1OC. The Labute approximate surface area is 172 Å². The molecule has 1 aliphatic carbocycles. The first-order chi connectivity index (χ1) is 14.2. The second-order valence-corrected chi connectivity index (χ2v) is 8.09. The van der Waals surface area contributed by atoms with Crippen molar-refractivity contribution in [3.05, 3.63) is 51.2 Å². The number of hydrogen-bond donors (Lipinski definition) is 1. The van der Waals surface area contributed by atoms with E-state index >= 15 is 0 Å². The van der Waals surface area contributed by atoms with Crippen LogP contribution >= 0.6 is 0 Å². The number of fused-ring (bicyclic) bond motifs is 1. The monoisotopic (exact) mass is 397 g/mol.